The van der Waals surface area contributed by atoms with Gasteiger partial charge < -0.3 is 10.5 Å². The molecule has 1 unspecified atom stereocenters. The fraction of sp³-hybridized carbons (Fsp3) is 0.154. The van der Waals surface area contributed by atoms with Gasteiger partial charge in [-0.05, 0) is 24.3 Å². The summed E-state index contributed by atoms with van der Waals surface area (Å²) in [5, 5.41) is 0.556. The largest absolute Gasteiger partial charge is 0.483 e. The Balaban J connectivity index is 2.23. The summed E-state index contributed by atoms with van der Waals surface area (Å²) in [6.07, 6.45) is 3.19. The van der Waals surface area contributed by atoms with E-state index >= 15 is 0 Å². The van der Waals surface area contributed by atoms with E-state index in [0.29, 0.717) is 17.3 Å². The van der Waals surface area contributed by atoms with Crippen molar-refractivity contribution in [3.8, 4) is 5.75 Å². The Bertz CT molecular complexity index is 522. The SMILES string of the molecule is NCC(Oc1cc(Br)ccc1Cl)c1cccnc1. The summed E-state index contributed by atoms with van der Waals surface area (Å²) in [5.41, 5.74) is 6.66. The van der Waals surface area contributed by atoms with Crippen LogP contribution in [0.4, 0.5) is 0 Å². The lowest BCUT2D eigenvalue weighted by Crippen LogP contribution is -2.18. The molecule has 0 bridgehead atoms. The molecule has 1 heterocycles. The second-order valence-electron chi connectivity index (χ2n) is 3.70. The van der Waals surface area contributed by atoms with Crippen molar-refractivity contribution in [1.82, 2.24) is 4.98 Å². The first-order valence-corrected chi connectivity index (χ1v) is 6.59. The molecule has 1 aromatic carbocycles. The fourth-order valence-electron chi connectivity index (χ4n) is 1.54. The minimum atomic E-state index is -0.259. The number of pyridine rings is 1. The van der Waals surface area contributed by atoms with Crippen LogP contribution in [0.15, 0.2) is 47.2 Å². The average molecular weight is 328 g/mol. The Labute approximate surface area is 119 Å². The van der Waals surface area contributed by atoms with Crippen LogP contribution in [0.2, 0.25) is 5.02 Å². The molecule has 1 aromatic heterocycles. The predicted molar refractivity (Wildman–Crippen MR) is 75.8 cm³/mol. The van der Waals surface area contributed by atoms with Crippen molar-refractivity contribution >= 4 is 27.5 Å². The van der Waals surface area contributed by atoms with E-state index in [1.54, 1.807) is 18.5 Å². The van der Waals surface area contributed by atoms with Gasteiger partial charge in [0, 0.05) is 29.0 Å². The van der Waals surface area contributed by atoms with Gasteiger partial charge in [0.2, 0.25) is 0 Å². The number of nitrogens with zero attached hydrogens (tertiary/aromatic N) is 1. The van der Waals surface area contributed by atoms with Crippen LogP contribution >= 0.6 is 27.5 Å². The highest BCUT2D eigenvalue weighted by atomic mass is 79.9. The first kappa shape index (κ1) is 13.3. The van der Waals surface area contributed by atoms with Crippen molar-refractivity contribution in [2.24, 2.45) is 5.73 Å². The van der Waals surface area contributed by atoms with Gasteiger partial charge in [-0.1, -0.05) is 33.6 Å². The molecular formula is C13H12BrClN2O. The van der Waals surface area contributed by atoms with Crippen LogP contribution in [-0.4, -0.2) is 11.5 Å². The van der Waals surface area contributed by atoms with Gasteiger partial charge in [-0.3, -0.25) is 4.98 Å². The zero-order valence-corrected chi connectivity index (χ0v) is 11.9. The molecule has 5 heteroatoms. The molecule has 2 aromatic rings. The second kappa shape index (κ2) is 6.18. The molecule has 0 aliphatic heterocycles. The maximum Gasteiger partial charge on any atom is 0.140 e. The summed E-state index contributed by atoms with van der Waals surface area (Å²) in [5.74, 6) is 0.602. The molecule has 1 atom stereocenters. The van der Waals surface area contributed by atoms with Gasteiger partial charge in [0.15, 0.2) is 0 Å². The first-order chi connectivity index (χ1) is 8.70. The van der Waals surface area contributed by atoms with E-state index in [0.717, 1.165) is 10.0 Å². The predicted octanol–water partition coefficient (Wildman–Crippen LogP) is 3.58. The molecule has 2 N–H and O–H groups in total. The minimum Gasteiger partial charge on any atom is -0.483 e. The molecule has 2 rings (SSSR count). The van der Waals surface area contributed by atoms with Gasteiger partial charge in [0.25, 0.3) is 0 Å². The van der Waals surface area contributed by atoms with Gasteiger partial charge in [-0.15, -0.1) is 0 Å². The van der Waals surface area contributed by atoms with Crippen molar-refractivity contribution in [3.63, 3.8) is 0 Å². The lowest BCUT2D eigenvalue weighted by atomic mass is 10.1. The monoisotopic (exact) mass is 326 g/mol. The lowest BCUT2D eigenvalue weighted by Gasteiger charge is -2.18. The van der Waals surface area contributed by atoms with Crippen molar-refractivity contribution in [2.45, 2.75) is 6.10 Å². The van der Waals surface area contributed by atoms with E-state index in [-0.39, 0.29) is 6.10 Å². The van der Waals surface area contributed by atoms with E-state index in [9.17, 15) is 0 Å². The third-order valence-electron chi connectivity index (χ3n) is 2.43. The summed E-state index contributed by atoms with van der Waals surface area (Å²) < 4.78 is 6.74. The first-order valence-electron chi connectivity index (χ1n) is 5.42. The van der Waals surface area contributed by atoms with Crippen LogP contribution in [-0.2, 0) is 0 Å². The number of rotatable bonds is 4. The van der Waals surface area contributed by atoms with Crippen LogP contribution < -0.4 is 10.5 Å². The van der Waals surface area contributed by atoms with Crippen molar-refractivity contribution in [1.29, 1.82) is 0 Å². The molecule has 0 saturated carbocycles. The van der Waals surface area contributed by atoms with Crippen molar-refractivity contribution in [2.75, 3.05) is 6.54 Å². The van der Waals surface area contributed by atoms with Gasteiger partial charge in [-0.25, -0.2) is 0 Å². The van der Waals surface area contributed by atoms with Crippen LogP contribution in [0.1, 0.15) is 11.7 Å². The molecule has 0 saturated heterocycles. The number of ether oxygens (including phenoxy) is 1. The van der Waals surface area contributed by atoms with Crippen LogP contribution in [0.3, 0.4) is 0 Å². The van der Waals surface area contributed by atoms with E-state index in [1.807, 2.05) is 24.3 Å². The number of halogens is 2. The highest BCUT2D eigenvalue weighted by molar-refractivity contribution is 9.10. The van der Waals surface area contributed by atoms with Crippen LogP contribution in [0.25, 0.3) is 0 Å². The topological polar surface area (TPSA) is 48.1 Å². The maximum absolute atomic E-state index is 6.08. The Kier molecular flexibility index (Phi) is 4.58. The minimum absolute atomic E-state index is 0.259. The number of nitrogens with two attached hydrogens (primary N) is 1. The van der Waals surface area contributed by atoms with E-state index in [1.165, 1.54) is 0 Å². The normalized spacial score (nSPS) is 12.2. The fourth-order valence-corrected chi connectivity index (χ4v) is 2.04. The molecule has 0 fully saturated rings. The summed E-state index contributed by atoms with van der Waals surface area (Å²) in [4.78, 5) is 4.06. The summed E-state index contributed by atoms with van der Waals surface area (Å²) >= 11 is 9.46. The third kappa shape index (κ3) is 3.22. The summed E-state index contributed by atoms with van der Waals surface area (Å²) in [7, 11) is 0. The summed E-state index contributed by atoms with van der Waals surface area (Å²) in [6, 6.07) is 9.23. The van der Waals surface area contributed by atoms with Crippen LogP contribution in [0.5, 0.6) is 5.75 Å². The molecule has 0 spiro atoms. The Morgan fingerprint density at radius 1 is 1.39 bits per heavy atom. The molecule has 18 heavy (non-hydrogen) atoms. The zero-order valence-electron chi connectivity index (χ0n) is 9.51. The van der Waals surface area contributed by atoms with Gasteiger partial charge >= 0.3 is 0 Å². The molecule has 3 nitrogen and oxygen atoms in total. The van der Waals surface area contributed by atoms with Gasteiger partial charge in [0.05, 0.1) is 5.02 Å². The number of hydrogen-bond acceptors (Lipinski definition) is 3. The van der Waals surface area contributed by atoms with Crippen molar-refractivity contribution in [3.05, 3.63) is 57.8 Å². The second-order valence-corrected chi connectivity index (χ2v) is 5.03. The van der Waals surface area contributed by atoms with E-state index in [2.05, 4.69) is 20.9 Å². The standard InChI is InChI=1S/C13H12BrClN2O/c14-10-3-4-11(15)12(6-10)18-13(7-16)9-2-1-5-17-8-9/h1-6,8,13H,7,16H2. The molecule has 0 amide bonds. The Morgan fingerprint density at radius 2 is 2.22 bits per heavy atom. The average Bonchev–Trinajstić information content (AvgIpc) is 2.41. The molecular weight excluding hydrogens is 316 g/mol. The maximum atomic E-state index is 6.08. The zero-order chi connectivity index (χ0) is 13.0. The molecule has 0 aliphatic carbocycles. The summed E-state index contributed by atoms with van der Waals surface area (Å²) in [6.45, 7) is 0.356. The highest BCUT2D eigenvalue weighted by Crippen LogP contribution is 2.31. The van der Waals surface area contributed by atoms with Gasteiger partial charge in [0.1, 0.15) is 11.9 Å². The number of aromatic nitrogens is 1. The molecule has 0 aliphatic rings. The Morgan fingerprint density at radius 3 is 2.89 bits per heavy atom. The molecule has 0 radical (unpaired) electrons. The Hall–Kier alpha value is -1.10. The molecule has 94 valence electrons. The smallest absolute Gasteiger partial charge is 0.140 e. The quantitative estimate of drug-likeness (QED) is 0.934. The number of hydrogen-bond donors (Lipinski definition) is 1. The van der Waals surface area contributed by atoms with E-state index < -0.39 is 0 Å². The van der Waals surface area contributed by atoms with Crippen LogP contribution in [0, 0.1) is 0 Å². The third-order valence-corrected chi connectivity index (χ3v) is 3.24. The van der Waals surface area contributed by atoms with Gasteiger partial charge in [-0.2, -0.15) is 0 Å². The number of benzene rings is 1. The van der Waals surface area contributed by atoms with E-state index in [4.69, 9.17) is 22.1 Å². The lowest BCUT2D eigenvalue weighted by molar-refractivity contribution is 0.214. The highest BCUT2D eigenvalue weighted by Gasteiger charge is 2.13. The van der Waals surface area contributed by atoms with Crippen molar-refractivity contribution < 1.29 is 4.74 Å².